The van der Waals surface area contributed by atoms with E-state index in [1.165, 1.54) is 31.4 Å². The molecule has 1 atom stereocenters. The van der Waals surface area contributed by atoms with Crippen LogP contribution in [0.1, 0.15) is 46.5 Å². The number of hydrogen-bond donors (Lipinski definition) is 1. The summed E-state index contributed by atoms with van der Waals surface area (Å²) in [7, 11) is 0. The standard InChI is InChI=1S/C11H25NS/c1-11(2,3)10(12)8-6-5-7-9-13-4/h10H,5-9,12H2,1-4H3. The van der Waals surface area contributed by atoms with Crippen molar-refractivity contribution in [3.05, 3.63) is 0 Å². The molecule has 0 aromatic carbocycles. The van der Waals surface area contributed by atoms with E-state index in [9.17, 15) is 0 Å². The third-order valence-electron chi connectivity index (χ3n) is 2.48. The molecule has 0 aliphatic rings. The predicted octanol–water partition coefficient (Wildman–Crippen LogP) is 3.28. The summed E-state index contributed by atoms with van der Waals surface area (Å²) in [5.41, 5.74) is 6.34. The molecule has 0 saturated carbocycles. The van der Waals surface area contributed by atoms with E-state index < -0.39 is 0 Å². The first-order valence-corrected chi connectivity index (χ1v) is 6.62. The van der Waals surface area contributed by atoms with Crippen LogP contribution in [0, 0.1) is 5.41 Å². The average molecular weight is 203 g/mol. The summed E-state index contributed by atoms with van der Waals surface area (Å²) in [6.45, 7) is 6.67. The second-order valence-corrected chi connectivity index (χ2v) is 5.80. The van der Waals surface area contributed by atoms with Crippen molar-refractivity contribution in [1.29, 1.82) is 0 Å². The van der Waals surface area contributed by atoms with Crippen molar-refractivity contribution in [2.45, 2.75) is 52.5 Å². The molecule has 2 heteroatoms. The molecule has 0 heterocycles. The van der Waals surface area contributed by atoms with Gasteiger partial charge in [-0.05, 0) is 30.3 Å². The molecule has 0 rings (SSSR count). The molecule has 0 amide bonds. The first kappa shape index (κ1) is 13.3. The van der Waals surface area contributed by atoms with E-state index in [2.05, 4.69) is 27.0 Å². The van der Waals surface area contributed by atoms with Gasteiger partial charge in [-0.1, -0.05) is 33.6 Å². The highest BCUT2D eigenvalue weighted by atomic mass is 32.2. The zero-order chi connectivity index (χ0) is 10.3. The van der Waals surface area contributed by atoms with Gasteiger partial charge >= 0.3 is 0 Å². The molecule has 1 unspecified atom stereocenters. The maximum atomic E-state index is 6.06. The molecule has 13 heavy (non-hydrogen) atoms. The van der Waals surface area contributed by atoms with E-state index in [-0.39, 0.29) is 5.41 Å². The highest BCUT2D eigenvalue weighted by molar-refractivity contribution is 7.98. The van der Waals surface area contributed by atoms with Gasteiger partial charge in [-0.2, -0.15) is 11.8 Å². The predicted molar refractivity (Wildman–Crippen MR) is 64.3 cm³/mol. The van der Waals surface area contributed by atoms with Gasteiger partial charge in [0.15, 0.2) is 0 Å². The quantitative estimate of drug-likeness (QED) is 0.670. The van der Waals surface area contributed by atoms with E-state index >= 15 is 0 Å². The van der Waals surface area contributed by atoms with Crippen LogP contribution >= 0.6 is 11.8 Å². The molecule has 0 bridgehead atoms. The topological polar surface area (TPSA) is 26.0 Å². The van der Waals surface area contributed by atoms with Crippen molar-refractivity contribution in [2.24, 2.45) is 11.1 Å². The molecule has 2 N–H and O–H groups in total. The molecule has 0 spiro atoms. The molecule has 0 aromatic heterocycles. The Balaban J connectivity index is 3.32. The lowest BCUT2D eigenvalue weighted by molar-refractivity contribution is 0.299. The fraction of sp³-hybridized carbons (Fsp3) is 1.00. The van der Waals surface area contributed by atoms with Gasteiger partial charge in [0.1, 0.15) is 0 Å². The highest BCUT2D eigenvalue weighted by Crippen LogP contribution is 2.21. The Morgan fingerprint density at radius 1 is 1.15 bits per heavy atom. The van der Waals surface area contributed by atoms with Crippen molar-refractivity contribution in [1.82, 2.24) is 0 Å². The molecule has 0 saturated heterocycles. The Hall–Kier alpha value is 0.310. The zero-order valence-corrected chi connectivity index (χ0v) is 10.4. The monoisotopic (exact) mass is 203 g/mol. The summed E-state index contributed by atoms with van der Waals surface area (Å²) < 4.78 is 0. The summed E-state index contributed by atoms with van der Waals surface area (Å²) in [6.07, 6.45) is 7.32. The summed E-state index contributed by atoms with van der Waals surface area (Å²) in [5, 5.41) is 0. The van der Waals surface area contributed by atoms with Crippen LogP contribution in [-0.4, -0.2) is 18.1 Å². The Kier molecular flexibility index (Phi) is 6.88. The van der Waals surface area contributed by atoms with Gasteiger partial charge in [0.05, 0.1) is 0 Å². The van der Waals surface area contributed by atoms with E-state index in [0.717, 1.165) is 0 Å². The molecular formula is C11H25NS. The largest absolute Gasteiger partial charge is 0.327 e. The van der Waals surface area contributed by atoms with Crippen molar-refractivity contribution < 1.29 is 0 Å². The SMILES string of the molecule is CSCCCCCC(N)C(C)(C)C. The second kappa shape index (κ2) is 6.72. The van der Waals surface area contributed by atoms with E-state index in [0.29, 0.717) is 6.04 Å². The van der Waals surface area contributed by atoms with E-state index in [1.807, 2.05) is 11.8 Å². The van der Waals surface area contributed by atoms with Crippen molar-refractivity contribution in [2.75, 3.05) is 12.0 Å². The molecule has 1 nitrogen and oxygen atoms in total. The molecule has 80 valence electrons. The Bertz CT molecular complexity index is 118. The first-order valence-electron chi connectivity index (χ1n) is 5.23. The van der Waals surface area contributed by atoms with Gasteiger partial charge in [-0.3, -0.25) is 0 Å². The van der Waals surface area contributed by atoms with Gasteiger partial charge in [0, 0.05) is 6.04 Å². The number of rotatable bonds is 6. The van der Waals surface area contributed by atoms with Gasteiger partial charge < -0.3 is 5.73 Å². The van der Waals surface area contributed by atoms with Gasteiger partial charge in [-0.15, -0.1) is 0 Å². The van der Waals surface area contributed by atoms with Crippen molar-refractivity contribution >= 4 is 11.8 Å². The number of hydrogen-bond acceptors (Lipinski definition) is 2. The highest BCUT2D eigenvalue weighted by Gasteiger charge is 2.19. The third kappa shape index (κ3) is 7.39. The van der Waals surface area contributed by atoms with Crippen molar-refractivity contribution in [3.63, 3.8) is 0 Å². The fourth-order valence-electron chi connectivity index (χ4n) is 1.22. The lowest BCUT2D eigenvalue weighted by Gasteiger charge is -2.26. The molecule has 0 radical (unpaired) electrons. The molecular weight excluding hydrogens is 178 g/mol. The first-order chi connectivity index (χ1) is 5.98. The fourth-order valence-corrected chi connectivity index (χ4v) is 1.71. The maximum Gasteiger partial charge on any atom is 0.00876 e. The van der Waals surface area contributed by atoms with Crippen LogP contribution in [0.5, 0.6) is 0 Å². The summed E-state index contributed by atoms with van der Waals surface area (Å²) in [4.78, 5) is 0. The zero-order valence-electron chi connectivity index (χ0n) is 9.60. The minimum Gasteiger partial charge on any atom is -0.327 e. The number of unbranched alkanes of at least 4 members (excludes halogenated alkanes) is 2. The van der Waals surface area contributed by atoms with Crippen LogP contribution in [0.4, 0.5) is 0 Å². The second-order valence-electron chi connectivity index (χ2n) is 4.81. The average Bonchev–Trinajstić information content (AvgIpc) is 2.02. The van der Waals surface area contributed by atoms with E-state index in [1.54, 1.807) is 0 Å². The summed E-state index contributed by atoms with van der Waals surface area (Å²) in [6, 6.07) is 0.363. The van der Waals surface area contributed by atoms with Gasteiger partial charge in [-0.25, -0.2) is 0 Å². The molecule has 0 aliphatic heterocycles. The van der Waals surface area contributed by atoms with Crippen molar-refractivity contribution in [3.8, 4) is 0 Å². The lowest BCUT2D eigenvalue weighted by Crippen LogP contribution is -2.34. The third-order valence-corrected chi connectivity index (χ3v) is 3.17. The van der Waals surface area contributed by atoms with Gasteiger partial charge in [0.2, 0.25) is 0 Å². The van der Waals surface area contributed by atoms with Crippen LogP contribution in [0.3, 0.4) is 0 Å². The van der Waals surface area contributed by atoms with E-state index in [4.69, 9.17) is 5.73 Å². The Morgan fingerprint density at radius 2 is 1.77 bits per heavy atom. The summed E-state index contributed by atoms with van der Waals surface area (Å²) >= 11 is 1.93. The van der Waals surface area contributed by atoms with Crippen LogP contribution in [0.2, 0.25) is 0 Å². The minimum atomic E-state index is 0.277. The smallest absolute Gasteiger partial charge is 0.00876 e. The Morgan fingerprint density at radius 3 is 2.23 bits per heavy atom. The van der Waals surface area contributed by atoms with Crippen LogP contribution in [-0.2, 0) is 0 Å². The maximum absolute atomic E-state index is 6.06. The normalized spacial score (nSPS) is 14.5. The molecule has 0 fully saturated rings. The Labute approximate surface area is 87.9 Å². The van der Waals surface area contributed by atoms with Crippen LogP contribution in [0.25, 0.3) is 0 Å². The van der Waals surface area contributed by atoms with Crippen LogP contribution < -0.4 is 5.73 Å². The van der Waals surface area contributed by atoms with Gasteiger partial charge in [0.25, 0.3) is 0 Å². The minimum absolute atomic E-state index is 0.277. The van der Waals surface area contributed by atoms with Crippen LogP contribution in [0.15, 0.2) is 0 Å². The molecule has 0 aliphatic carbocycles. The number of thioether (sulfide) groups is 1. The molecule has 0 aromatic rings. The number of nitrogens with two attached hydrogens (primary N) is 1. The summed E-state index contributed by atoms with van der Waals surface area (Å²) in [5.74, 6) is 1.30. The lowest BCUT2D eigenvalue weighted by atomic mass is 9.84.